The number of morpholine rings is 2. The highest BCUT2D eigenvalue weighted by atomic mass is 16.5. The fraction of sp³-hybridized carbons (Fsp3) is 1.00. The average Bonchev–Trinajstić information content (AvgIpc) is 2.71. The summed E-state index contributed by atoms with van der Waals surface area (Å²) in [5.74, 6) is 0. The molecule has 0 aliphatic carbocycles. The molecular formula is C24H52N2O4. The lowest BCUT2D eigenvalue weighted by molar-refractivity contribution is -0.0222. The van der Waals surface area contributed by atoms with Crippen LogP contribution < -0.4 is 0 Å². The summed E-state index contributed by atoms with van der Waals surface area (Å²) < 4.78 is 22.0. The molecule has 0 aromatic rings. The van der Waals surface area contributed by atoms with Crippen molar-refractivity contribution >= 4 is 0 Å². The summed E-state index contributed by atoms with van der Waals surface area (Å²) >= 11 is 0. The predicted molar refractivity (Wildman–Crippen MR) is 126 cm³/mol. The molecule has 0 spiro atoms. The van der Waals surface area contributed by atoms with Crippen LogP contribution in [-0.2, 0) is 18.9 Å². The molecule has 2 unspecified atom stereocenters. The quantitative estimate of drug-likeness (QED) is 0.485. The second-order valence-electron chi connectivity index (χ2n) is 8.51. The lowest BCUT2D eigenvalue weighted by atomic mass is 10.3. The Morgan fingerprint density at radius 3 is 1.40 bits per heavy atom. The Labute approximate surface area is 187 Å². The van der Waals surface area contributed by atoms with Crippen LogP contribution in [0.5, 0.6) is 0 Å². The zero-order valence-electron chi connectivity index (χ0n) is 21.3. The molecule has 6 nitrogen and oxygen atoms in total. The van der Waals surface area contributed by atoms with E-state index in [0.29, 0.717) is 24.4 Å². The normalized spacial score (nSPS) is 23.0. The van der Waals surface area contributed by atoms with Crippen molar-refractivity contribution in [2.75, 3.05) is 65.7 Å². The Morgan fingerprint density at radius 2 is 1.10 bits per heavy atom. The van der Waals surface area contributed by atoms with Crippen molar-refractivity contribution < 1.29 is 18.9 Å². The summed E-state index contributed by atoms with van der Waals surface area (Å²) in [6.45, 7) is 26.7. The largest absolute Gasteiger partial charge is 0.379 e. The third-order valence-corrected chi connectivity index (χ3v) is 4.79. The van der Waals surface area contributed by atoms with Crippen molar-refractivity contribution in [3.8, 4) is 0 Å². The standard InChI is InChI=1S/2C11H23NO2.C2H6/c2*1-10(2)13-7-4-5-12-6-8-14-11(3)9-12;1-2/h2*10-11H,4-9H2,1-3H3;1-2H3. The van der Waals surface area contributed by atoms with Gasteiger partial charge in [-0.05, 0) is 54.4 Å². The SMILES string of the molecule is CC.CC(C)OCCCN1CCOC(C)C1.CC(C)OCCCN1CCOC(C)C1. The van der Waals surface area contributed by atoms with Gasteiger partial charge in [0, 0.05) is 52.5 Å². The highest BCUT2D eigenvalue weighted by molar-refractivity contribution is 4.68. The summed E-state index contributed by atoms with van der Waals surface area (Å²) in [6.07, 6.45) is 3.78. The van der Waals surface area contributed by atoms with E-state index < -0.39 is 0 Å². The molecule has 0 N–H and O–H groups in total. The van der Waals surface area contributed by atoms with Gasteiger partial charge in [-0.1, -0.05) is 13.8 Å². The van der Waals surface area contributed by atoms with Crippen molar-refractivity contribution in [3.05, 3.63) is 0 Å². The molecule has 2 atom stereocenters. The molecule has 2 saturated heterocycles. The third-order valence-electron chi connectivity index (χ3n) is 4.79. The van der Waals surface area contributed by atoms with Gasteiger partial charge in [0.2, 0.25) is 0 Å². The van der Waals surface area contributed by atoms with E-state index >= 15 is 0 Å². The molecule has 0 saturated carbocycles. The molecule has 2 aliphatic heterocycles. The van der Waals surface area contributed by atoms with E-state index in [1.807, 2.05) is 13.8 Å². The minimum atomic E-state index is 0.360. The van der Waals surface area contributed by atoms with Crippen molar-refractivity contribution in [1.82, 2.24) is 9.80 Å². The topological polar surface area (TPSA) is 43.4 Å². The lowest BCUT2D eigenvalue weighted by Crippen LogP contribution is -2.41. The Kier molecular flexibility index (Phi) is 19.3. The second kappa shape index (κ2) is 19.4. The first-order chi connectivity index (χ1) is 14.4. The maximum atomic E-state index is 5.50. The molecule has 30 heavy (non-hydrogen) atoms. The summed E-state index contributed by atoms with van der Waals surface area (Å²) in [5.41, 5.74) is 0. The van der Waals surface area contributed by atoms with Crippen LogP contribution in [0.15, 0.2) is 0 Å². The van der Waals surface area contributed by atoms with Crippen molar-refractivity contribution in [1.29, 1.82) is 0 Å². The van der Waals surface area contributed by atoms with E-state index in [4.69, 9.17) is 18.9 Å². The molecule has 0 bridgehead atoms. The van der Waals surface area contributed by atoms with Gasteiger partial charge in [-0.2, -0.15) is 0 Å². The zero-order valence-corrected chi connectivity index (χ0v) is 21.3. The minimum Gasteiger partial charge on any atom is -0.379 e. The Morgan fingerprint density at radius 1 is 0.733 bits per heavy atom. The molecule has 0 amide bonds. The van der Waals surface area contributed by atoms with Crippen LogP contribution in [-0.4, -0.2) is 99.9 Å². The maximum absolute atomic E-state index is 5.50. The van der Waals surface area contributed by atoms with Gasteiger partial charge in [0.05, 0.1) is 37.6 Å². The molecular weight excluding hydrogens is 380 g/mol. The first kappa shape index (κ1) is 29.8. The summed E-state index contributed by atoms with van der Waals surface area (Å²) in [4.78, 5) is 4.91. The number of nitrogens with zero attached hydrogens (tertiary/aromatic N) is 2. The smallest absolute Gasteiger partial charge is 0.0674 e. The van der Waals surface area contributed by atoms with Crippen molar-refractivity contribution in [2.45, 2.75) is 92.6 Å². The fourth-order valence-corrected chi connectivity index (χ4v) is 3.40. The van der Waals surface area contributed by atoms with Crippen LogP contribution >= 0.6 is 0 Å². The molecule has 2 rings (SSSR count). The monoisotopic (exact) mass is 432 g/mol. The summed E-state index contributed by atoms with van der Waals surface area (Å²) in [5, 5.41) is 0. The second-order valence-corrected chi connectivity index (χ2v) is 8.51. The highest BCUT2D eigenvalue weighted by Crippen LogP contribution is 2.06. The minimum absolute atomic E-state index is 0.360. The average molecular weight is 433 g/mol. The van der Waals surface area contributed by atoms with E-state index in [1.165, 1.54) is 0 Å². The zero-order chi connectivity index (χ0) is 22.8. The number of rotatable bonds is 10. The third kappa shape index (κ3) is 17.4. The van der Waals surface area contributed by atoms with E-state index in [1.54, 1.807) is 0 Å². The molecule has 6 heteroatoms. The maximum Gasteiger partial charge on any atom is 0.0674 e. The van der Waals surface area contributed by atoms with Gasteiger partial charge >= 0.3 is 0 Å². The van der Waals surface area contributed by atoms with E-state index in [9.17, 15) is 0 Å². The van der Waals surface area contributed by atoms with Crippen LogP contribution in [0.2, 0.25) is 0 Å². The number of ether oxygens (including phenoxy) is 4. The molecule has 2 aliphatic rings. The van der Waals surface area contributed by atoms with Gasteiger partial charge in [-0.25, -0.2) is 0 Å². The Hall–Kier alpha value is -0.240. The fourth-order valence-electron chi connectivity index (χ4n) is 3.40. The van der Waals surface area contributed by atoms with E-state index in [-0.39, 0.29) is 0 Å². The number of hydrogen-bond donors (Lipinski definition) is 0. The Balaban J connectivity index is 0.000000518. The van der Waals surface area contributed by atoms with Crippen LogP contribution in [0.3, 0.4) is 0 Å². The summed E-state index contributed by atoms with van der Waals surface area (Å²) in [7, 11) is 0. The van der Waals surface area contributed by atoms with Crippen LogP contribution in [0.4, 0.5) is 0 Å². The highest BCUT2D eigenvalue weighted by Gasteiger charge is 2.16. The van der Waals surface area contributed by atoms with Gasteiger partial charge < -0.3 is 18.9 Å². The Bertz CT molecular complexity index is 335. The molecule has 0 aromatic carbocycles. The summed E-state index contributed by atoms with van der Waals surface area (Å²) in [6, 6.07) is 0. The molecule has 182 valence electrons. The van der Waals surface area contributed by atoms with Crippen LogP contribution in [0.25, 0.3) is 0 Å². The van der Waals surface area contributed by atoms with E-state index in [0.717, 1.165) is 78.5 Å². The number of hydrogen-bond acceptors (Lipinski definition) is 6. The predicted octanol–water partition coefficient (Wildman–Crippen LogP) is 4.07. The first-order valence-corrected chi connectivity index (χ1v) is 12.3. The van der Waals surface area contributed by atoms with Crippen LogP contribution in [0.1, 0.15) is 68.2 Å². The van der Waals surface area contributed by atoms with Crippen LogP contribution in [0, 0.1) is 0 Å². The molecule has 0 aromatic heterocycles. The van der Waals surface area contributed by atoms with Crippen molar-refractivity contribution in [3.63, 3.8) is 0 Å². The molecule has 2 fully saturated rings. The van der Waals surface area contributed by atoms with Gasteiger partial charge in [0.15, 0.2) is 0 Å². The molecule has 2 heterocycles. The van der Waals surface area contributed by atoms with Gasteiger partial charge in [0.1, 0.15) is 0 Å². The van der Waals surface area contributed by atoms with Gasteiger partial charge in [-0.15, -0.1) is 0 Å². The van der Waals surface area contributed by atoms with Gasteiger partial charge in [-0.3, -0.25) is 9.80 Å². The van der Waals surface area contributed by atoms with E-state index in [2.05, 4.69) is 51.3 Å². The molecule has 0 radical (unpaired) electrons. The van der Waals surface area contributed by atoms with Crippen molar-refractivity contribution in [2.24, 2.45) is 0 Å². The first-order valence-electron chi connectivity index (χ1n) is 12.3. The van der Waals surface area contributed by atoms with Gasteiger partial charge in [0.25, 0.3) is 0 Å². The lowest BCUT2D eigenvalue weighted by Gasteiger charge is -2.31.